The van der Waals surface area contributed by atoms with Crippen LogP contribution in [0.5, 0.6) is 11.5 Å². The van der Waals surface area contributed by atoms with Gasteiger partial charge in [-0.25, -0.2) is 4.39 Å². The lowest BCUT2D eigenvalue weighted by Gasteiger charge is -2.17. The summed E-state index contributed by atoms with van der Waals surface area (Å²) in [7, 11) is 3.28. The minimum Gasteiger partial charge on any atom is -0.493 e. The molecule has 0 spiro atoms. The molecular formula is C19H23BrFNO3. The van der Waals surface area contributed by atoms with Gasteiger partial charge in [0.2, 0.25) is 0 Å². The van der Waals surface area contributed by atoms with Gasteiger partial charge in [0.1, 0.15) is 12.4 Å². The fourth-order valence-electron chi connectivity index (χ4n) is 2.39. The Morgan fingerprint density at radius 3 is 2.64 bits per heavy atom. The number of ether oxygens (including phenoxy) is 3. The standard InChI is InChI=1S/C19H23BrFNO3/c1-23-11-5-10-22-12-15-16(20)8-9-18(24-2)19(15)25-13-14-6-3-4-7-17(14)21/h3-4,6-9,22H,5,10-13H2,1-2H3. The van der Waals surface area contributed by atoms with E-state index >= 15 is 0 Å². The van der Waals surface area contributed by atoms with Crippen LogP contribution in [0.1, 0.15) is 17.5 Å². The molecule has 0 saturated heterocycles. The van der Waals surface area contributed by atoms with Crippen LogP contribution in [0.25, 0.3) is 0 Å². The Morgan fingerprint density at radius 2 is 1.92 bits per heavy atom. The molecule has 0 amide bonds. The Morgan fingerprint density at radius 1 is 1.12 bits per heavy atom. The molecule has 0 aliphatic rings. The van der Waals surface area contributed by atoms with Crippen LogP contribution in [0.4, 0.5) is 4.39 Å². The highest BCUT2D eigenvalue weighted by Crippen LogP contribution is 2.36. The largest absolute Gasteiger partial charge is 0.493 e. The van der Waals surface area contributed by atoms with Crippen molar-refractivity contribution in [3.8, 4) is 11.5 Å². The first-order valence-corrected chi connectivity index (χ1v) is 8.88. The highest BCUT2D eigenvalue weighted by Gasteiger charge is 2.15. The molecule has 2 rings (SSSR count). The fraction of sp³-hybridized carbons (Fsp3) is 0.368. The second-order valence-electron chi connectivity index (χ2n) is 5.46. The van der Waals surface area contributed by atoms with Crippen molar-refractivity contribution in [2.24, 2.45) is 0 Å². The van der Waals surface area contributed by atoms with E-state index in [1.807, 2.05) is 12.1 Å². The van der Waals surface area contributed by atoms with Gasteiger partial charge in [-0.3, -0.25) is 0 Å². The van der Waals surface area contributed by atoms with Crippen LogP contribution in [-0.4, -0.2) is 27.4 Å². The number of methoxy groups -OCH3 is 2. The van der Waals surface area contributed by atoms with Crippen molar-refractivity contribution < 1.29 is 18.6 Å². The fourth-order valence-corrected chi connectivity index (χ4v) is 2.84. The number of halogens is 2. The van der Waals surface area contributed by atoms with Crippen LogP contribution in [-0.2, 0) is 17.9 Å². The quantitative estimate of drug-likeness (QED) is 0.591. The van der Waals surface area contributed by atoms with E-state index in [-0.39, 0.29) is 12.4 Å². The van der Waals surface area contributed by atoms with Gasteiger partial charge in [-0.15, -0.1) is 0 Å². The van der Waals surface area contributed by atoms with Crippen LogP contribution in [0, 0.1) is 5.82 Å². The summed E-state index contributed by atoms with van der Waals surface area (Å²) in [6, 6.07) is 10.3. The molecule has 0 fully saturated rings. The van der Waals surface area contributed by atoms with Crippen LogP contribution >= 0.6 is 15.9 Å². The molecule has 25 heavy (non-hydrogen) atoms. The van der Waals surface area contributed by atoms with Crippen LogP contribution in [0.15, 0.2) is 40.9 Å². The number of benzene rings is 2. The minimum absolute atomic E-state index is 0.135. The summed E-state index contributed by atoms with van der Waals surface area (Å²) in [4.78, 5) is 0. The van der Waals surface area contributed by atoms with E-state index in [0.717, 1.165) is 23.0 Å². The molecule has 136 valence electrons. The van der Waals surface area contributed by atoms with Crippen LogP contribution in [0.3, 0.4) is 0 Å². The Hall–Kier alpha value is -1.63. The van der Waals surface area contributed by atoms with Crippen molar-refractivity contribution in [1.29, 1.82) is 0 Å². The van der Waals surface area contributed by atoms with E-state index in [0.29, 0.717) is 30.2 Å². The van der Waals surface area contributed by atoms with E-state index in [4.69, 9.17) is 14.2 Å². The minimum atomic E-state index is -0.282. The molecule has 2 aromatic rings. The zero-order chi connectivity index (χ0) is 18.1. The summed E-state index contributed by atoms with van der Waals surface area (Å²) in [5.74, 6) is 0.948. The van der Waals surface area contributed by atoms with Crippen molar-refractivity contribution in [2.45, 2.75) is 19.6 Å². The lowest BCUT2D eigenvalue weighted by molar-refractivity contribution is 0.194. The maximum Gasteiger partial charge on any atom is 0.167 e. The summed E-state index contributed by atoms with van der Waals surface area (Å²) in [6.45, 7) is 2.28. The van der Waals surface area contributed by atoms with Crippen molar-refractivity contribution in [1.82, 2.24) is 5.32 Å². The van der Waals surface area contributed by atoms with Gasteiger partial charge in [0.05, 0.1) is 7.11 Å². The summed E-state index contributed by atoms with van der Waals surface area (Å²) in [5, 5.41) is 3.36. The molecule has 0 aliphatic carbocycles. The van der Waals surface area contributed by atoms with Crippen molar-refractivity contribution in [2.75, 3.05) is 27.4 Å². The van der Waals surface area contributed by atoms with E-state index in [2.05, 4.69) is 21.2 Å². The van der Waals surface area contributed by atoms with Crippen molar-refractivity contribution in [3.05, 3.63) is 57.8 Å². The molecule has 1 N–H and O–H groups in total. The third-order valence-electron chi connectivity index (χ3n) is 3.72. The number of rotatable bonds is 10. The van der Waals surface area contributed by atoms with E-state index in [1.54, 1.807) is 32.4 Å². The van der Waals surface area contributed by atoms with Gasteiger partial charge >= 0.3 is 0 Å². The van der Waals surface area contributed by atoms with Gasteiger partial charge in [-0.05, 0) is 31.2 Å². The SMILES string of the molecule is COCCCNCc1c(Br)ccc(OC)c1OCc1ccccc1F. The van der Waals surface area contributed by atoms with Gasteiger partial charge in [0.15, 0.2) is 11.5 Å². The first-order valence-electron chi connectivity index (χ1n) is 8.08. The number of hydrogen-bond donors (Lipinski definition) is 1. The Bertz CT molecular complexity index is 682. The predicted molar refractivity (Wildman–Crippen MR) is 99.6 cm³/mol. The third kappa shape index (κ3) is 5.70. The monoisotopic (exact) mass is 411 g/mol. The van der Waals surface area contributed by atoms with Crippen LogP contribution in [0.2, 0.25) is 0 Å². The van der Waals surface area contributed by atoms with E-state index in [9.17, 15) is 4.39 Å². The Labute approximate surface area is 156 Å². The molecule has 0 atom stereocenters. The summed E-state index contributed by atoms with van der Waals surface area (Å²) in [5.41, 5.74) is 1.44. The number of nitrogens with one attached hydrogen (secondary N) is 1. The molecule has 0 radical (unpaired) electrons. The maximum atomic E-state index is 13.8. The highest BCUT2D eigenvalue weighted by molar-refractivity contribution is 9.10. The molecule has 4 nitrogen and oxygen atoms in total. The Balaban J connectivity index is 2.13. The summed E-state index contributed by atoms with van der Waals surface area (Å²) in [6.07, 6.45) is 0.920. The van der Waals surface area contributed by atoms with Gasteiger partial charge in [-0.1, -0.05) is 34.1 Å². The zero-order valence-corrected chi connectivity index (χ0v) is 16.1. The zero-order valence-electron chi connectivity index (χ0n) is 14.5. The molecule has 0 aromatic heterocycles. The van der Waals surface area contributed by atoms with Gasteiger partial charge in [0, 0.05) is 35.9 Å². The molecule has 6 heteroatoms. The second-order valence-corrected chi connectivity index (χ2v) is 6.31. The van der Waals surface area contributed by atoms with Crippen molar-refractivity contribution in [3.63, 3.8) is 0 Å². The topological polar surface area (TPSA) is 39.7 Å². The Kier molecular flexibility index (Phi) is 8.18. The molecule has 0 unspecified atom stereocenters. The molecular weight excluding hydrogens is 389 g/mol. The van der Waals surface area contributed by atoms with Gasteiger partial charge in [0.25, 0.3) is 0 Å². The van der Waals surface area contributed by atoms with Gasteiger partial charge < -0.3 is 19.5 Å². The second kappa shape index (κ2) is 10.4. The highest BCUT2D eigenvalue weighted by atomic mass is 79.9. The predicted octanol–water partition coefficient (Wildman–Crippen LogP) is 4.30. The third-order valence-corrected chi connectivity index (χ3v) is 4.46. The molecule has 2 aromatic carbocycles. The average Bonchev–Trinajstić information content (AvgIpc) is 2.62. The molecule has 0 bridgehead atoms. The number of hydrogen-bond acceptors (Lipinski definition) is 4. The van der Waals surface area contributed by atoms with Crippen molar-refractivity contribution >= 4 is 15.9 Å². The molecule has 0 aliphatic heterocycles. The van der Waals surface area contributed by atoms with Crippen LogP contribution < -0.4 is 14.8 Å². The smallest absolute Gasteiger partial charge is 0.167 e. The first kappa shape index (κ1) is 19.7. The van der Waals surface area contributed by atoms with E-state index in [1.165, 1.54) is 6.07 Å². The average molecular weight is 412 g/mol. The first-order chi connectivity index (χ1) is 12.2. The summed E-state index contributed by atoms with van der Waals surface area (Å²) < 4.78 is 31.1. The molecule has 0 heterocycles. The van der Waals surface area contributed by atoms with Gasteiger partial charge in [-0.2, -0.15) is 0 Å². The normalized spacial score (nSPS) is 10.7. The lowest BCUT2D eigenvalue weighted by atomic mass is 10.1. The maximum absolute atomic E-state index is 13.8. The molecule has 0 saturated carbocycles. The lowest BCUT2D eigenvalue weighted by Crippen LogP contribution is -2.17. The summed E-state index contributed by atoms with van der Waals surface area (Å²) >= 11 is 3.56. The van der Waals surface area contributed by atoms with E-state index < -0.39 is 0 Å².